The molecule has 0 aliphatic heterocycles. The maximum absolute atomic E-state index is 12.1. The zero-order chi connectivity index (χ0) is 12.2. The third-order valence-corrected chi connectivity index (χ3v) is 3.99. The van der Waals surface area contributed by atoms with E-state index in [1.54, 1.807) is 0 Å². The summed E-state index contributed by atoms with van der Waals surface area (Å²) in [5.74, 6) is 0.245. The zero-order valence-corrected chi connectivity index (χ0v) is 11.2. The fraction of sp³-hybridized carbons (Fsp3) is 0.923. The van der Waals surface area contributed by atoms with Crippen molar-refractivity contribution in [3.63, 3.8) is 0 Å². The number of carbonyl (C=O) groups is 1. The van der Waals surface area contributed by atoms with Gasteiger partial charge in [-0.05, 0) is 31.7 Å². The molecule has 0 radical (unpaired) electrons. The van der Waals surface area contributed by atoms with Crippen LogP contribution in [0.1, 0.15) is 46.5 Å². The maximum Gasteiger partial charge on any atom is 0.227 e. The number of rotatable bonds is 6. The minimum Gasteiger partial charge on any atom is -0.355 e. The second-order valence-electron chi connectivity index (χ2n) is 5.86. The van der Waals surface area contributed by atoms with E-state index in [0.717, 1.165) is 32.4 Å². The summed E-state index contributed by atoms with van der Waals surface area (Å²) >= 11 is 0. The molecule has 3 nitrogen and oxygen atoms in total. The van der Waals surface area contributed by atoms with Crippen LogP contribution in [-0.4, -0.2) is 26.0 Å². The van der Waals surface area contributed by atoms with Gasteiger partial charge in [0.25, 0.3) is 0 Å². The van der Waals surface area contributed by atoms with Gasteiger partial charge in [0.2, 0.25) is 5.91 Å². The molecule has 94 valence electrons. The first-order valence-electron chi connectivity index (χ1n) is 6.39. The second kappa shape index (κ2) is 5.17. The predicted octanol–water partition coefficient (Wildman–Crippen LogP) is 1.93. The largest absolute Gasteiger partial charge is 0.355 e. The van der Waals surface area contributed by atoms with E-state index in [-0.39, 0.29) is 16.7 Å². The lowest BCUT2D eigenvalue weighted by Gasteiger charge is -2.40. The van der Waals surface area contributed by atoms with Crippen molar-refractivity contribution in [2.24, 2.45) is 10.8 Å². The highest BCUT2D eigenvalue weighted by Gasteiger charge is 2.43. The fourth-order valence-electron chi connectivity index (χ4n) is 2.06. The van der Waals surface area contributed by atoms with E-state index in [1.165, 1.54) is 6.42 Å². The Bertz CT molecular complexity index is 244. The quantitative estimate of drug-likeness (QED) is 0.726. The van der Waals surface area contributed by atoms with E-state index in [1.807, 2.05) is 7.05 Å². The monoisotopic (exact) mass is 226 g/mol. The summed E-state index contributed by atoms with van der Waals surface area (Å²) in [4.78, 5) is 12.1. The molecular weight excluding hydrogens is 200 g/mol. The molecule has 0 saturated heterocycles. The molecule has 3 heteroatoms. The van der Waals surface area contributed by atoms with Crippen LogP contribution < -0.4 is 10.6 Å². The number of hydrogen-bond donors (Lipinski definition) is 2. The molecule has 1 amide bonds. The number of amides is 1. The minimum absolute atomic E-state index is 0.113. The lowest BCUT2D eigenvalue weighted by Crippen LogP contribution is -2.52. The van der Waals surface area contributed by atoms with E-state index in [4.69, 9.17) is 0 Å². The van der Waals surface area contributed by atoms with Gasteiger partial charge >= 0.3 is 0 Å². The summed E-state index contributed by atoms with van der Waals surface area (Å²) in [5, 5.41) is 6.26. The molecule has 1 saturated carbocycles. The van der Waals surface area contributed by atoms with Gasteiger partial charge in [0.05, 0.1) is 5.41 Å². The van der Waals surface area contributed by atoms with Crippen molar-refractivity contribution in [2.75, 3.05) is 20.1 Å². The molecule has 0 aromatic carbocycles. The molecule has 1 aliphatic carbocycles. The van der Waals surface area contributed by atoms with Gasteiger partial charge in [-0.25, -0.2) is 0 Å². The first kappa shape index (κ1) is 13.5. The highest BCUT2D eigenvalue weighted by atomic mass is 16.2. The van der Waals surface area contributed by atoms with Gasteiger partial charge in [0.1, 0.15) is 0 Å². The Balaban J connectivity index is 2.45. The van der Waals surface area contributed by atoms with Crippen LogP contribution in [0.3, 0.4) is 0 Å². The van der Waals surface area contributed by atoms with E-state index >= 15 is 0 Å². The third kappa shape index (κ3) is 2.97. The molecule has 0 bridgehead atoms. The van der Waals surface area contributed by atoms with Crippen molar-refractivity contribution in [1.82, 2.24) is 10.6 Å². The van der Waals surface area contributed by atoms with Crippen molar-refractivity contribution >= 4 is 5.91 Å². The average molecular weight is 226 g/mol. The summed E-state index contributed by atoms with van der Waals surface area (Å²) in [6.45, 7) is 8.15. The Morgan fingerprint density at radius 3 is 2.38 bits per heavy atom. The summed E-state index contributed by atoms with van der Waals surface area (Å²) in [6.07, 6.45) is 4.34. The van der Waals surface area contributed by atoms with Crippen LogP contribution in [0, 0.1) is 10.8 Å². The van der Waals surface area contributed by atoms with Gasteiger partial charge in [-0.3, -0.25) is 4.79 Å². The van der Waals surface area contributed by atoms with Crippen LogP contribution >= 0.6 is 0 Å². The molecule has 1 fully saturated rings. The van der Waals surface area contributed by atoms with Crippen molar-refractivity contribution in [3.05, 3.63) is 0 Å². The van der Waals surface area contributed by atoms with Crippen LogP contribution in [0.2, 0.25) is 0 Å². The van der Waals surface area contributed by atoms with Crippen molar-refractivity contribution in [1.29, 1.82) is 0 Å². The SMILES string of the molecule is CCC(C)(C)CNC(=O)C1(CNC)CCC1. The highest BCUT2D eigenvalue weighted by molar-refractivity contribution is 5.83. The van der Waals surface area contributed by atoms with Crippen LogP contribution in [-0.2, 0) is 4.79 Å². The predicted molar refractivity (Wildman–Crippen MR) is 67.3 cm³/mol. The highest BCUT2D eigenvalue weighted by Crippen LogP contribution is 2.40. The molecular formula is C13H26N2O. The summed E-state index contributed by atoms with van der Waals surface area (Å²) in [6, 6.07) is 0. The van der Waals surface area contributed by atoms with Gasteiger partial charge in [-0.1, -0.05) is 27.2 Å². The Labute approximate surface area is 99.4 Å². The van der Waals surface area contributed by atoms with Crippen molar-refractivity contribution in [2.45, 2.75) is 46.5 Å². The number of hydrogen-bond acceptors (Lipinski definition) is 2. The Morgan fingerprint density at radius 2 is 2.00 bits per heavy atom. The standard InChI is InChI=1S/C13H26N2O/c1-5-12(2,3)9-15-11(16)13(10-14-4)7-6-8-13/h14H,5-10H2,1-4H3,(H,15,16). The molecule has 2 N–H and O–H groups in total. The van der Waals surface area contributed by atoms with E-state index in [9.17, 15) is 4.79 Å². The van der Waals surface area contributed by atoms with E-state index < -0.39 is 0 Å². The topological polar surface area (TPSA) is 41.1 Å². The number of carbonyl (C=O) groups excluding carboxylic acids is 1. The first-order valence-corrected chi connectivity index (χ1v) is 6.39. The van der Waals surface area contributed by atoms with Gasteiger partial charge in [-0.15, -0.1) is 0 Å². The normalized spacial score (nSPS) is 19.0. The molecule has 0 unspecified atom stereocenters. The average Bonchev–Trinajstić information content (AvgIpc) is 2.20. The smallest absolute Gasteiger partial charge is 0.227 e. The van der Waals surface area contributed by atoms with E-state index in [2.05, 4.69) is 31.4 Å². The van der Waals surface area contributed by atoms with Crippen LogP contribution in [0.4, 0.5) is 0 Å². The molecule has 16 heavy (non-hydrogen) atoms. The minimum atomic E-state index is -0.113. The Morgan fingerprint density at radius 1 is 1.38 bits per heavy atom. The van der Waals surface area contributed by atoms with Crippen molar-refractivity contribution in [3.8, 4) is 0 Å². The van der Waals surface area contributed by atoms with Crippen LogP contribution in [0.25, 0.3) is 0 Å². The first-order chi connectivity index (χ1) is 7.46. The van der Waals surface area contributed by atoms with Crippen LogP contribution in [0.5, 0.6) is 0 Å². The van der Waals surface area contributed by atoms with Gasteiger partial charge in [0, 0.05) is 13.1 Å². The summed E-state index contributed by atoms with van der Waals surface area (Å²) in [7, 11) is 1.92. The molecule has 0 spiro atoms. The summed E-state index contributed by atoms with van der Waals surface area (Å²) < 4.78 is 0. The van der Waals surface area contributed by atoms with Gasteiger partial charge in [0.15, 0.2) is 0 Å². The summed E-state index contributed by atoms with van der Waals surface area (Å²) in [5.41, 5.74) is 0.0960. The fourth-order valence-corrected chi connectivity index (χ4v) is 2.06. The van der Waals surface area contributed by atoms with Crippen molar-refractivity contribution < 1.29 is 4.79 Å². The molecule has 1 aliphatic rings. The molecule has 0 aromatic heterocycles. The zero-order valence-electron chi connectivity index (χ0n) is 11.2. The molecule has 0 atom stereocenters. The molecule has 0 aromatic rings. The Kier molecular flexibility index (Phi) is 4.36. The number of nitrogens with one attached hydrogen (secondary N) is 2. The lowest BCUT2D eigenvalue weighted by atomic mass is 9.68. The van der Waals surface area contributed by atoms with Crippen LogP contribution in [0.15, 0.2) is 0 Å². The lowest BCUT2D eigenvalue weighted by molar-refractivity contribution is -0.136. The molecule has 1 rings (SSSR count). The molecule has 0 heterocycles. The maximum atomic E-state index is 12.1. The second-order valence-corrected chi connectivity index (χ2v) is 5.86. The van der Waals surface area contributed by atoms with Gasteiger partial charge < -0.3 is 10.6 Å². The Hall–Kier alpha value is -0.570. The van der Waals surface area contributed by atoms with Gasteiger partial charge in [-0.2, -0.15) is 0 Å². The third-order valence-electron chi connectivity index (χ3n) is 3.99. The van der Waals surface area contributed by atoms with E-state index in [0.29, 0.717) is 0 Å².